The lowest BCUT2D eigenvalue weighted by Crippen LogP contribution is -2.50. The lowest BCUT2D eigenvalue weighted by molar-refractivity contribution is 0.0240. The highest BCUT2D eigenvalue weighted by Crippen LogP contribution is 2.24. The molecule has 1 aliphatic heterocycles. The van der Waals surface area contributed by atoms with Gasteiger partial charge in [0.05, 0.1) is 0 Å². The topological polar surface area (TPSA) is 76.1 Å². The molecule has 8 heteroatoms. The summed E-state index contributed by atoms with van der Waals surface area (Å²) in [5.74, 6) is 0. The Balaban J connectivity index is 2.01. The molecule has 1 aromatic rings. The maximum atomic E-state index is 12.2. The number of hydrogen-bond donors (Lipinski definition) is 0. The van der Waals surface area contributed by atoms with Crippen LogP contribution in [0.3, 0.4) is 0 Å². The fourth-order valence-electron chi connectivity index (χ4n) is 2.70. The lowest BCUT2D eigenvalue weighted by Gasteiger charge is -2.37. The Bertz CT molecular complexity index is 625. The van der Waals surface area contributed by atoms with Crippen molar-refractivity contribution in [3.05, 3.63) is 29.8 Å². The number of piperazine rings is 1. The molecule has 1 heterocycles. The van der Waals surface area contributed by atoms with Crippen molar-refractivity contribution in [2.75, 3.05) is 38.1 Å². The van der Waals surface area contributed by atoms with Gasteiger partial charge in [-0.2, -0.15) is 0 Å². The number of hydrogen-bond acceptors (Lipinski definition) is 5. The van der Waals surface area contributed by atoms with Crippen molar-refractivity contribution in [1.82, 2.24) is 9.21 Å². The number of anilines is 1. The monoisotopic (exact) mass is 368 g/mol. The summed E-state index contributed by atoms with van der Waals surface area (Å²) in [6.45, 7) is 8.40. The van der Waals surface area contributed by atoms with E-state index in [1.165, 1.54) is 4.31 Å². The van der Waals surface area contributed by atoms with Crippen LogP contribution < -0.4 is 4.90 Å². The van der Waals surface area contributed by atoms with Crippen LogP contribution in [0.1, 0.15) is 26.3 Å². The smallest absolute Gasteiger partial charge is 0.410 e. The number of rotatable bonds is 4. The molecule has 0 bridgehead atoms. The molecule has 1 fully saturated rings. The zero-order chi connectivity index (χ0) is 18.6. The van der Waals surface area contributed by atoms with Gasteiger partial charge in [-0.15, -0.1) is 0 Å². The van der Waals surface area contributed by atoms with Crippen LogP contribution in [0.15, 0.2) is 24.3 Å². The molecule has 1 aliphatic rings. The summed E-state index contributed by atoms with van der Waals surface area (Å²) in [5, 5.41) is 0. The Morgan fingerprint density at radius 2 is 1.84 bits per heavy atom. The number of benzene rings is 1. The van der Waals surface area contributed by atoms with E-state index in [1.54, 1.807) is 11.9 Å². The van der Waals surface area contributed by atoms with Gasteiger partial charge in [0.15, 0.2) is 0 Å². The molecule has 1 amide bonds. The fraction of sp³-hybridized carbons (Fsp3) is 0.588. The van der Waals surface area contributed by atoms with Gasteiger partial charge in [-0.25, -0.2) is 9.10 Å². The molecule has 7 nitrogen and oxygen atoms in total. The fourth-order valence-corrected chi connectivity index (χ4v) is 2.95. The van der Waals surface area contributed by atoms with E-state index in [9.17, 15) is 13.6 Å². The number of carbonyl (C=O) groups excluding carboxylic acids is 1. The minimum absolute atomic E-state index is 0.290. The van der Waals surface area contributed by atoms with E-state index >= 15 is 0 Å². The average molecular weight is 368 g/mol. The first-order valence-electron chi connectivity index (χ1n) is 8.28. The van der Waals surface area contributed by atoms with Gasteiger partial charge in [-0.05, 0) is 39.4 Å². The summed E-state index contributed by atoms with van der Waals surface area (Å²) in [6, 6.07) is 7.75. The van der Waals surface area contributed by atoms with Gasteiger partial charge in [0.2, 0.25) is 0 Å². The van der Waals surface area contributed by atoms with Crippen molar-refractivity contribution in [2.24, 2.45) is 0 Å². The van der Waals surface area contributed by atoms with Crippen molar-refractivity contribution in [3.8, 4) is 0 Å². The number of amides is 1. The number of ether oxygens (including phenoxy) is 1. The number of para-hydroxylation sites is 1. The predicted molar refractivity (Wildman–Crippen MR) is 96.8 cm³/mol. The van der Waals surface area contributed by atoms with Crippen molar-refractivity contribution in [3.63, 3.8) is 0 Å². The van der Waals surface area contributed by atoms with Crippen LogP contribution in [0.4, 0.5) is 10.5 Å². The zero-order valence-electron chi connectivity index (χ0n) is 15.2. The second kappa shape index (κ2) is 8.16. The van der Waals surface area contributed by atoms with Crippen LogP contribution >= 0.6 is 0 Å². The van der Waals surface area contributed by atoms with Gasteiger partial charge in [0.1, 0.15) is 5.60 Å². The van der Waals surface area contributed by atoms with Gasteiger partial charge in [-0.1, -0.05) is 18.2 Å². The molecule has 0 aromatic heterocycles. The van der Waals surface area contributed by atoms with E-state index in [0.29, 0.717) is 32.7 Å². The van der Waals surface area contributed by atoms with Crippen LogP contribution in [0.2, 0.25) is 0 Å². The highest BCUT2D eigenvalue weighted by atomic mass is 32.2. The zero-order valence-corrected chi connectivity index (χ0v) is 16.0. The van der Waals surface area contributed by atoms with Crippen molar-refractivity contribution < 1.29 is 18.3 Å². The molecule has 0 aliphatic carbocycles. The highest BCUT2D eigenvalue weighted by Gasteiger charge is 2.26. The quantitative estimate of drug-likeness (QED) is 0.760. The van der Waals surface area contributed by atoms with Gasteiger partial charge in [0.25, 0.3) is 0 Å². The van der Waals surface area contributed by atoms with Crippen molar-refractivity contribution >= 4 is 23.0 Å². The Labute approximate surface area is 152 Å². The molecule has 140 valence electrons. The minimum Gasteiger partial charge on any atom is -0.760 e. The maximum absolute atomic E-state index is 12.2. The summed E-state index contributed by atoms with van der Waals surface area (Å²) in [5.41, 5.74) is 1.45. The molecule has 0 N–H and O–H groups in total. The molecular formula is C17H26N3O4S-. The highest BCUT2D eigenvalue weighted by molar-refractivity contribution is 7.76. The van der Waals surface area contributed by atoms with Crippen molar-refractivity contribution in [2.45, 2.75) is 32.9 Å². The third-order valence-electron chi connectivity index (χ3n) is 3.91. The molecule has 1 atom stereocenters. The molecule has 1 unspecified atom stereocenters. The first-order valence-corrected chi connectivity index (χ1v) is 9.32. The maximum Gasteiger partial charge on any atom is 0.410 e. The molecular weight excluding hydrogens is 342 g/mol. The Morgan fingerprint density at radius 1 is 1.24 bits per heavy atom. The van der Waals surface area contributed by atoms with Gasteiger partial charge in [0, 0.05) is 49.7 Å². The molecule has 0 saturated carbocycles. The van der Waals surface area contributed by atoms with Crippen molar-refractivity contribution in [1.29, 1.82) is 0 Å². The van der Waals surface area contributed by atoms with E-state index in [4.69, 9.17) is 4.74 Å². The first-order chi connectivity index (χ1) is 11.7. The van der Waals surface area contributed by atoms with E-state index < -0.39 is 16.9 Å². The molecule has 25 heavy (non-hydrogen) atoms. The van der Waals surface area contributed by atoms with E-state index in [1.807, 2.05) is 45.0 Å². The van der Waals surface area contributed by atoms with Gasteiger partial charge in [-0.3, -0.25) is 4.21 Å². The first kappa shape index (κ1) is 19.7. The van der Waals surface area contributed by atoms with E-state index in [-0.39, 0.29) is 6.09 Å². The molecule has 0 spiro atoms. The second-order valence-corrected chi connectivity index (χ2v) is 8.14. The number of nitrogens with zero attached hydrogens (tertiary/aromatic N) is 3. The van der Waals surface area contributed by atoms with E-state index in [2.05, 4.69) is 4.90 Å². The Kier molecular flexibility index (Phi) is 6.42. The SMILES string of the molecule is CN(Cc1ccccc1N1CCN(C(=O)OC(C)(C)C)CC1)S(=O)[O-]. The van der Waals surface area contributed by atoms with E-state index in [0.717, 1.165) is 11.3 Å². The Hall–Kier alpha value is -1.64. The average Bonchev–Trinajstić information content (AvgIpc) is 2.54. The summed E-state index contributed by atoms with van der Waals surface area (Å²) in [4.78, 5) is 16.0. The minimum atomic E-state index is -2.25. The molecule has 1 aromatic carbocycles. The normalized spacial score (nSPS) is 16.9. The Morgan fingerprint density at radius 3 is 2.40 bits per heavy atom. The molecule has 1 saturated heterocycles. The van der Waals surface area contributed by atoms with Crippen LogP contribution in [0.5, 0.6) is 0 Å². The summed E-state index contributed by atoms with van der Waals surface area (Å²) in [7, 11) is 1.54. The van der Waals surface area contributed by atoms with Gasteiger partial charge < -0.3 is 19.1 Å². The lowest BCUT2D eigenvalue weighted by atomic mass is 10.1. The third kappa shape index (κ3) is 5.69. The molecule has 2 rings (SSSR count). The van der Waals surface area contributed by atoms with Crippen LogP contribution in [-0.2, 0) is 22.5 Å². The second-order valence-electron chi connectivity index (χ2n) is 7.09. The molecule has 0 radical (unpaired) electrons. The summed E-state index contributed by atoms with van der Waals surface area (Å²) < 4.78 is 28.8. The predicted octanol–water partition coefficient (Wildman–Crippen LogP) is 1.97. The standard InChI is InChI=1S/C17H27N3O4S/c1-17(2,3)24-16(21)20-11-9-19(10-12-20)15-8-6-5-7-14(15)13-18(4)25(22)23/h5-8H,9-13H2,1-4H3,(H,22,23)/p-1. The third-order valence-corrected chi connectivity index (χ3v) is 4.55. The van der Waals surface area contributed by atoms with Gasteiger partial charge >= 0.3 is 6.09 Å². The number of carbonyl (C=O) groups is 1. The summed E-state index contributed by atoms with van der Waals surface area (Å²) >= 11 is -2.25. The van der Waals surface area contributed by atoms with Crippen LogP contribution in [0.25, 0.3) is 0 Å². The van der Waals surface area contributed by atoms with Crippen LogP contribution in [-0.4, -0.2) is 62.9 Å². The summed E-state index contributed by atoms with van der Waals surface area (Å²) in [6.07, 6.45) is -0.290. The van der Waals surface area contributed by atoms with Crippen LogP contribution in [0, 0.1) is 0 Å². The largest absolute Gasteiger partial charge is 0.760 e.